The number of halogens is 1. The van der Waals surface area contributed by atoms with Crippen LogP contribution in [-0.4, -0.2) is 44.6 Å². The van der Waals surface area contributed by atoms with E-state index in [0.717, 1.165) is 24.4 Å². The van der Waals surface area contributed by atoms with Crippen molar-refractivity contribution in [1.82, 2.24) is 10.6 Å². The predicted octanol–water partition coefficient (Wildman–Crippen LogP) is 2.86. The van der Waals surface area contributed by atoms with Gasteiger partial charge in [-0.1, -0.05) is 11.6 Å². The van der Waals surface area contributed by atoms with Gasteiger partial charge in [0.2, 0.25) is 11.8 Å². The van der Waals surface area contributed by atoms with Gasteiger partial charge in [0.25, 0.3) is 0 Å². The molecule has 1 aliphatic heterocycles. The van der Waals surface area contributed by atoms with Crippen molar-refractivity contribution in [3.63, 3.8) is 0 Å². The van der Waals surface area contributed by atoms with Gasteiger partial charge in [-0.2, -0.15) is 0 Å². The lowest BCUT2D eigenvalue weighted by Gasteiger charge is -2.21. The van der Waals surface area contributed by atoms with Gasteiger partial charge >= 0.3 is 0 Å². The molecular weight excluding hydrogens is 394 g/mol. The van der Waals surface area contributed by atoms with Crippen LogP contribution in [0.15, 0.2) is 47.1 Å². The summed E-state index contributed by atoms with van der Waals surface area (Å²) < 4.78 is 10.5. The minimum absolute atomic E-state index is 0.0423. The van der Waals surface area contributed by atoms with Gasteiger partial charge in [0.05, 0.1) is 19.1 Å². The van der Waals surface area contributed by atoms with Crippen LogP contribution >= 0.6 is 11.6 Å². The Labute approximate surface area is 174 Å². The summed E-state index contributed by atoms with van der Waals surface area (Å²) in [7, 11) is 1.63. The number of anilines is 1. The van der Waals surface area contributed by atoms with E-state index in [1.165, 1.54) is 12.3 Å². The zero-order chi connectivity index (χ0) is 20.6. The van der Waals surface area contributed by atoms with E-state index in [9.17, 15) is 9.59 Å². The number of hydrogen-bond donors (Lipinski definition) is 2. The standard InChI is InChI=1S/C21H24ClN3O4/c1-28-19-6-4-15(22)13-18(19)25-11-9-16(14-25)24-21(27)8-10-23-20(26)7-5-17-3-2-12-29-17/h2-7,12-13,16H,8-11,14H2,1H3,(H,23,26)(H,24,27)/b7-5+. The van der Waals surface area contributed by atoms with Crippen LogP contribution in [0.4, 0.5) is 5.69 Å². The van der Waals surface area contributed by atoms with Gasteiger partial charge in [-0.15, -0.1) is 0 Å². The molecule has 2 aromatic rings. The second-order valence-corrected chi connectivity index (χ2v) is 7.14. The molecule has 0 bridgehead atoms. The average Bonchev–Trinajstić information content (AvgIpc) is 3.38. The molecule has 0 saturated carbocycles. The lowest BCUT2D eigenvalue weighted by atomic mass is 10.2. The van der Waals surface area contributed by atoms with Crippen LogP contribution in [0.3, 0.4) is 0 Å². The van der Waals surface area contributed by atoms with Gasteiger partial charge < -0.3 is 24.7 Å². The van der Waals surface area contributed by atoms with Crippen molar-refractivity contribution in [1.29, 1.82) is 0 Å². The maximum Gasteiger partial charge on any atom is 0.244 e. The highest BCUT2D eigenvalue weighted by Gasteiger charge is 2.26. The Morgan fingerprint density at radius 1 is 1.38 bits per heavy atom. The number of rotatable bonds is 8. The third-order valence-corrected chi connectivity index (χ3v) is 4.86. The van der Waals surface area contributed by atoms with E-state index >= 15 is 0 Å². The fourth-order valence-corrected chi connectivity index (χ4v) is 3.38. The van der Waals surface area contributed by atoms with Crippen molar-refractivity contribution in [2.45, 2.75) is 18.9 Å². The molecule has 1 unspecified atom stereocenters. The van der Waals surface area contributed by atoms with E-state index in [0.29, 0.717) is 17.3 Å². The Morgan fingerprint density at radius 2 is 2.24 bits per heavy atom. The number of amides is 2. The van der Waals surface area contributed by atoms with E-state index in [1.807, 2.05) is 12.1 Å². The van der Waals surface area contributed by atoms with Gasteiger partial charge in [0, 0.05) is 43.2 Å². The summed E-state index contributed by atoms with van der Waals surface area (Å²) in [5.41, 5.74) is 0.923. The summed E-state index contributed by atoms with van der Waals surface area (Å²) >= 11 is 6.11. The summed E-state index contributed by atoms with van der Waals surface area (Å²) in [4.78, 5) is 26.1. The van der Waals surface area contributed by atoms with Crippen LogP contribution in [0.2, 0.25) is 5.02 Å². The Balaban J connectivity index is 1.40. The van der Waals surface area contributed by atoms with E-state index in [-0.39, 0.29) is 30.8 Å². The van der Waals surface area contributed by atoms with Gasteiger partial charge in [-0.05, 0) is 42.8 Å². The molecule has 29 heavy (non-hydrogen) atoms. The topological polar surface area (TPSA) is 83.8 Å². The van der Waals surface area contributed by atoms with Crippen LogP contribution in [0, 0.1) is 0 Å². The van der Waals surface area contributed by atoms with Gasteiger partial charge in [0.15, 0.2) is 0 Å². The lowest BCUT2D eigenvalue weighted by Crippen LogP contribution is -2.38. The molecule has 1 atom stereocenters. The lowest BCUT2D eigenvalue weighted by molar-refractivity contribution is -0.121. The predicted molar refractivity (Wildman–Crippen MR) is 112 cm³/mol. The van der Waals surface area contributed by atoms with E-state index < -0.39 is 0 Å². The van der Waals surface area contributed by atoms with Gasteiger partial charge in [0.1, 0.15) is 11.5 Å². The molecule has 3 rings (SSSR count). The Bertz CT molecular complexity index is 867. The van der Waals surface area contributed by atoms with Crippen molar-refractivity contribution in [3.05, 3.63) is 53.5 Å². The number of furan rings is 1. The SMILES string of the molecule is COc1ccc(Cl)cc1N1CCC(NC(=O)CCNC(=O)/C=C/c2ccco2)C1. The molecule has 0 aliphatic carbocycles. The van der Waals surface area contributed by atoms with Gasteiger partial charge in [-0.3, -0.25) is 9.59 Å². The molecule has 1 fully saturated rings. The van der Waals surface area contributed by atoms with Crippen LogP contribution in [0.1, 0.15) is 18.6 Å². The number of carbonyl (C=O) groups excluding carboxylic acids is 2. The molecule has 154 valence electrons. The van der Waals surface area contributed by atoms with E-state index in [4.69, 9.17) is 20.8 Å². The summed E-state index contributed by atoms with van der Waals surface area (Å²) in [6.45, 7) is 1.75. The number of nitrogens with zero attached hydrogens (tertiary/aromatic N) is 1. The molecule has 7 nitrogen and oxygen atoms in total. The maximum atomic E-state index is 12.2. The highest BCUT2D eigenvalue weighted by Crippen LogP contribution is 2.33. The van der Waals surface area contributed by atoms with Crippen LogP contribution < -0.4 is 20.3 Å². The molecule has 0 radical (unpaired) electrons. The number of nitrogens with one attached hydrogen (secondary N) is 2. The highest BCUT2D eigenvalue weighted by atomic mass is 35.5. The zero-order valence-electron chi connectivity index (χ0n) is 16.2. The molecule has 1 aromatic carbocycles. The van der Waals surface area contributed by atoms with Crippen LogP contribution in [0.5, 0.6) is 5.75 Å². The summed E-state index contributed by atoms with van der Waals surface area (Å²) in [5, 5.41) is 6.35. The number of ether oxygens (including phenoxy) is 1. The van der Waals surface area contributed by atoms with Crippen molar-refractivity contribution < 1.29 is 18.7 Å². The summed E-state index contributed by atoms with van der Waals surface area (Å²) in [6, 6.07) is 9.04. The van der Waals surface area contributed by atoms with Crippen LogP contribution in [0.25, 0.3) is 6.08 Å². The monoisotopic (exact) mass is 417 g/mol. The first-order chi connectivity index (χ1) is 14.0. The number of hydrogen-bond acceptors (Lipinski definition) is 5. The molecular formula is C21H24ClN3O4. The number of methoxy groups -OCH3 is 1. The molecule has 1 aliphatic rings. The Kier molecular flexibility index (Phi) is 7.19. The van der Waals surface area contributed by atoms with Crippen LogP contribution in [-0.2, 0) is 9.59 Å². The fraction of sp³-hybridized carbons (Fsp3) is 0.333. The molecule has 0 spiro atoms. The first-order valence-corrected chi connectivity index (χ1v) is 9.80. The molecule has 1 aromatic heterocycles. The zero-order valence-corrected chi connectivity index (χ0v) is 16.9. The largest absolute Gasteiger partial charge is 0.495 e. The smallest absolute Gasteiger partial charge is 0.244 e. The Hall–Kier alpha value is -2.93. The number of benzene rings is 1. The summed E-state index contributed by atoms with van der Waals surface area (Å²) in [6.07, 6.45) is 5.54. The molecule has 1 saturated heterocycles. The van der Waals surface area contributed by atoms with E-state index in [2.05, 4.69) is 15.5 Å². The van der Waals surface area contributed by atoms with Crippen molar-refractivity contribution >= 4 is 35.2 Å². The molecule has 2 amide bonds. The van der Waals surface area contributed by atoms with Crippen molar-refractivity contribution in [2.24, 2.45) is 0 Å². The maximum absolute atomic E-state index is 12.2. The van der Waals surface area contributed by atoms with Gasteiger partial charge in [-0.25, -0.2) is 0 Å². The molecule has 2 N–H and O–H groups in total. The highest BCUT2D eigenvalue weighted by molar-refractivity contribution is 6.30. The minimum atomic E-state index is -0.269. The first kappa shape index (κ1) is 20.8. The summed E-state index contributed by atoms with van der Waals surface area (Å²) in [5.74, 6) is 0.992. The fourth-order valence-electron chi connectivity index (χ4n) is 3.21. The van der Waals surface area contributed by atoms with Crippen molar-refractivity contribution in [3.8, 4) is 5.75 Å². The Morgan fingerprint density at radius 3 is 3.00 bits per heavy atom. The quantitative estimate of drug-likeness (QED) is 0.645. The second-order valence-electron chi connectivity index (χ2n) is 6.71. The number of carbonyl (C=O) groups is 2. The minimum Gasteiger partial charge on any atom is -0.495 e. The normalized spacial score (nSPS) is 16.2. The third kappa shape index (κ3) is 6.02. The first-order valence-electron chi connectivity index (χ1n) is 9.42. The van der Waals surface area contributed by atoms with Crippen molar-refractivity contribution in [2.75, 3.05) is 31.6 Å². The molecule has 8 heteroatoms. The molecule has 2 heterocycles. The second kappa shape index (κ2) is 10.0. The third-order valence-electron chi connectivity index (χ3n) is 4.63. The average molecular weight is 418 g/mol. The van der Waals surface area contributed by atoms with E-state index in [1.54, 1.807) is 31.4 Å².